The first-order chi connectivity index (χ1) is 12.4. The van der Waals surface area contributed by atoms with Crippen molar-refractivity contribution in [1.82, 2.24) is 5.12 Å². The predicted octanol–water partition coefficient (Wildman–Crippen LogP) is 0.369. The molecular formula is C14H11N5O7. The topological polar surface area (TPSA) is 152 Å². The lowest BCUT2D eigenvalue weighted by atomic mass is 9.98. The number of fused-ring (bicyclic) bond motifs is 1. The van der Waals surface area contributed by atoms with E-state index in [2.05, 4.69) is 10.4 Å². The first kappa shape index (κ1) is 17.1. The molecule has 2 heterocycles. The van der Waals surface area contributed by atoms with E-state index in [1.807, 2.05) is 0 Å². The van der Waals surface area contributed by atoms with Crippen molar-refractivity contribution in [3.05, 3.63) is 39.3 Å². The number of hydrogen-bond acceptors (Lipinski definition) is 9. The van der Waals surface area contributed by atoms with Gasteiger partial charge >= 0.3 is 5.97 Å². The highest BCUT2D eigenvalue weighted by Gasteiger charge is 2.59. The minimum absolute atomic E-state index is 0.0119. The van der Waals surface area contributed by atoms with Crippen LogP contribution in [0.5, 0.6) is 0 Å². The van der Waals surface area contributed by atoms with Gasteiger partial charge in [0.25, 0.3) is 11.6 Å². The van der Waals surface area contributed by atoms with Gasteiger partial charge in [0.15, 0.2) is 11.8 Å². The third-order valence-corrected chi connectivity index (χ3v) is 3.92. The Morgan fingerprint density at radius 2 is 1.96 bits per heavy atom. The third kappa shape index (κ3) is 2.47. The Morgan fingerprint density at radius 3 is 2.50 bits per heavy atom. The van der Waals surface area contributed by atoms with Crippen LogP contribution in [0.4, 0.5) is 11.4 Å². The van der Waals surface area contributed by atoms with Gasteiger partial charge in [-0.2, -0.15) is 0 Å². The first-order valence-electron chi connectivity index (χ1n) is 7.41. The van der Waals surface area contributed by atoms with Gasteiger partial charge in [0.2, 0.25) is 5.91 Å². The SMILES string of the molecule is CCOC(=O)C1=NN(N=O)[C@H]2C(=O)N(c3ccc([N+](=O)[O-])cc3)C(=O)[C@H]12. The number of nitrogens with zero attached hydrogens (tertiary/aromatic N) is 5. The normalized spacial score (nSPS) is 21.5. The lowest BCUT2D eigenvalue weighted by Gasteiger charge is -2.16. The van der Waals surface area contributed by atoms with E-state index in [9.17, 15) is 29.4 Å². The van der Waals surface area contributed by atoms with Crippen molar-refractivity contribution in [2.45, 2.75) is 13.0 Å². The molecule has 0 radical (unpaired) electrons. The van der Waals surface area contributed by atoms with Crippen molar-refractivity contribution in [2.24, 2.45) is 16.3 Å². The Balaban J connectivity index is 1.97. The number of nitro benzene ring substituents is 1. The number of anilines is 1. The van der Waals surface area contributed by atoms with Crippen LogP contribution >= 0.6 is 0 Å². The van der Waals surface area contributed by atoms with Gasteiger partial charge in [-0.05, 0) is 19.1 Å². The molecule has 2 aliphatic heterocycles. The average Bonchev–Trinajstić information content (AvgIpc) is 3.12. The maximum absolute atomic E-state index is 12.7. The van der Waals surface area contributed by atoms with Crippen LogP contribution in [0.3, 0.4) is 0 Å². The zero-order chi connectivity index (χ0) is 19.0. The fourth-order valence-corrected chi connectivity index (χ4v) is 2.81. The Bertz CT molecular complexity index is 850. The quantitative estimate of drug-likeness (QED) is 0.240. The van der Waals surface area contributed by atoms with Gasteiger partial charge in [-0.3, -0.25) is 19.7 Å². The van der Waals surface area contributed by atoms with Gasteiger partial charge in [-0.15, -0.1) is 15.1 Å². The predicted molar refractivity (Wildman–Crippen MR) is 84.6 cm³/mol. The third-order valence-electron chi connectivity index (χ3n) is 3.92. The largest absolute Gasteiger partial charge is 0.461 e. The Kier molecular flexibility index (Phi) is 4.16. The van der Waals surface area contributed by atoms with Gasteiger partial charge in [-0.25, -0.2) is 9.69 Å². The van der Waals surface area contributed by atoms with E-state index in [4.69, 9.17) is 4.74 Å². The molecule has 2 amide bonds. The van der Waals surface area contributed by atoms with Crippen molar-refractivity contribution in [2.75, 3.05) is 11.5 Å². The Morgan fingerprint density at radius 1 is 1.31 bits per heavy atom. The molecule has 0 N–H and O–H groups in total. The molecule has 0 saturated carbocycles. The van der Waals surface area contributed by atoms with E-state index < -0.39 is 34.7 Å². The van der Waals surface area contributed by atoms with Crippen LogP contribution in [0.2, 0.25) is 0 Å². The molecule has 0 unspecified atom stereocenters. The molecule has 0 aliphatic carbocycles. The molecule has 0 spiro atoms. The van der Waals surface area contributed by atoms with Gasteiger partial charge < -0.3 is 4.74 Å². The second-order valence-corrected chi connectivity index (χ2v) is 5.32. The van der Waals surface area contributed by atoms with Crippen molar-refractivity contribution >= 4 is 34.9 Å². The minimum atomic E-state index is -1.39. The van der Waals surface area contributed by atoms with Crippen LogP contribution in [0.25, 0.3) is 0 Å². The van der Waals surface area contributed by atoms with E-state index in [0.717, 1.165) is 17.0 Å². The van der Waals surface area contributed by atoms with Gasteiger partial charge in [-0.1, -0.05) is 0 Å². The number of carbonyl (C=O) groups is 3. The molecule has 26 heavy (non-hydrogen) atoms. The van der Waals surface area contributed by atoms with Crippen LogP contribution in [0.15, 0.2) is 34.7 Å². The maximum atomic E-state index is 12.7. The molecule has 1 aromatic rings. The number of carbonyl (C=O) groups excluding carboxylic acids is 3. The molecule has 12 heteroatoms. The number of non-ortho nitro benzene ring substituents is 1. The average molecular weight is 361 g/mol. The monoisotopic (exact) mass is 361 g/mol. The number of nitro groups is 1. The molecule has 0 bridgehead atoms. The van der Waals surface area contributed by atoms with Crippen molar-refractivity contribution in [3.63, 3.8) is 0 Å². The summed E-state index contributed by atoms with van der Waals surface area (Å²) in [6.45, 7) is 1.56. The maximum Gasteiger partial charge on any atom is 0.355 e. The van der Waals surface area contributed by atoms with E-state index in [1.165, 1.54) is 12.1 Å². The summed E-state index contributed by atoms with van der Waals surface area (Å²) in [7, 11) is 0. The summed E-state index contributed by atoms with van der Waals surface area (Å²) in [5, 5.41) is 17.4. The van der Waals surface area contributed by atoms with Crippen LogP contribution in [0, 0.1) is 20.9 Å². The molecule has 12 nitrogen and oxygen atoms in total. The Hall–Kier alpha value is -3.70. The number of imide groups is 1. The highest BCUT2D eigenvalue weighted by atomic mass is 16.6. The van der Waals surface area contributed by atoms with E-state index >= 15 is 0 Å². The summed E-state index contributed by atoms with van der Waals surface area (Å²) in [5.74, 6) is -3.89. The summed E-state index contributed by atoms with van der Waals surface area (Å²) in [6, 6.07) is 3.29. The molecular weight excluding hydrogens is 350 g/mol. The smallest absolute Gasteiger partial charge is 0.355 e. The standard InChI is InChI=1S/C14H11N5O7/c1-2-26-14(22)10-9-11(18(15-10)16-23)13(21)17(12(9)20)7-3-5-8(6-4-7)19(24)25/h3-6,9,11H,2H2,1H3/t9-,11-/m1/s1. The number of hydrazone groups is 1. The van der Waals surface area contributed by atoms with Crippen LogP contribution in [-0.4, -0.2) is 46.2 Å². The van der Waals surface area contributed by atoms with Crippen LogP contribution < -0.4 is 4.90 Å². The molecule has 2 aliphatic rings. The number of ether oxygens (including phenoxy) is 1. The lowest BCUT2D eigenvalue weighted by Crippen LogP contribution is -2.36. The summed E-state index contributed by atoms with van der Waals surface area (Å²) in [6.07, 6.45) is 0. The second kappa shape index (κ2) is 6.31. The molecule has 2 atom stereocenters. The minimum Gasteiger partial charge on any atom is -0.461 e. The van der Waals surface area contributed by atoms with Crippen molar-refractivity contribution in [3.8, 4) is 0 Å². The summed E-state index contributed by atoms with van der Waals surface area (Å²) in [4.78, 5) is 59.1. The van der Waals surface area contributed by atoms with Gasteiger partial charge in [0.05, 0.1) is 22.5 Å². The second-order valence-electron chi connectivity index (χ2n) is 5.32. The van der Waals surface area contributed by atoms with Crippen molar-refractivity contribution in [1.29, 1.82) is 0 Å². The fourth-order valence-electron chi connectivity index (χ4n) is 2.81. The zero-order valence-corrected chi connectivity index (χ0v) is 13.3. The lowest BCUT2D eigenvalue weighted by molar-refractivity contribution is -0.384. The Labute approximate surface area is 145 Å². The highest BCUT2D eigenvalue weighted by Crippen LogP contribution is 2.35. The zero-order valence-electron chi connectivity index (χ0n) is 13.3. The molecule has 134 valence electrons. The van der Waals surface area contributed by atoms with Crippen LogP contribution in [-0.2, 0) is 19.1 Å². The van der Waals surface area contributed by atoms with Crippen LogP contribution in [0.1, 0.15) is 6.92 Å². The highest BCUT2D eigenvalue weighted by molar-refractivity contribution is 6.46. The number of hydrogen-bond donors (Lipinski definition) is 0. The summed E-state index contributed by atoms with van der Waals surface area (Å²) >= 11 is 0. The van der Waals surface area contributed by atoms with E-state index in [1.54, 1.807) is 6.92 Å². The molecule has 0 aromatic heterocycles. The summed E-state index contributed by atoms with van der Waals surface area (Å²) < 4.78 is 4.80. The van der Waals surface area contributed by atoms with Gasteiger partial charge in [0, 0.05) is 12.1 Å². The molecule has 1 saturated heterocycles. The van der Waals surface area contributed by atoms with Crippen molar-refractivity contribution < 1.29 is 24.0 Å². The summed E-state index contributed by atoms with van der Waals surface area (Å²) in [5.41, 5.74) is -0.550. The number of rotatable bonds is 5. The molecule has 1 fully saturated rings. The number of amides is 2. The van der Waals surface area contributed by atoms with Gasteiger partial charge in [0.1, 0.15) is 5.92 Å². The molecule has 3 rings (SSSR count). The first-order valence-corrected chi connectivity index (χ1v) is 7.41. The number of benzene rings is 1. The number of nitroso groups, excluding NO2 is 1. The van der Waals surface area contributed by atoms with E-state index in [0.29, 0.717) is 5.12 Å². The molecule has 1 aromatic carbocycles. The fraction of sp³-hybridized carbons (Fsp3) is 0.286. The number of esters is 1. The van der Waals surface area contributed by atoms with E-state index in [-0.39, 0.29) is 23.7 Å².